The van der Waals surface area contributed by atoms with Crippen LogP contribution in [0.4, 0.5) is 0 Å². The Balaban J connectivity index is 2.02. The van der Waals surface area contributed by atoms with E-state index in [0.717, 1.165) is 17.8 Å². The number of carbonyl (C=O) groups is 1. The zero-order valence-electron chi connectivity index (χ0n) is 10.1. The molecule has 1 fully saturated rings. The second kappa shape index (κ2) is 4.46. The third kappa shape index (κ3) is 2.47. The van der Waals surface area contributed by atoms with Gasteiger partial charge in [0.1, 0.15) is 5.69 Å². The molecule has 2 heterocycles. The van der Waals surface area contributed by atoms with E-state index in [-0.39, 0.29) is 11.3 Å². The molecule has 5 heteroatoms. The van der Waals surface area contributed by atoms with E-state index in [9.17, 15) is 4.79 Å². The molecule has 1 saturated heterocycles. The standard InChI is InChI=1S/C12H15N3OS/c1-9-14-10(7-17-9)11(16)15-5-3-12(2,8-13)4-6-15/h7H,3-6H2,1-2H3. The van der Waals surface area contributed by atoms with Crippen LogP contribution in [0.25, 0.3) is 0 Å². The highest BCUT2D eigenvalue weighted by Crippen LogP contribution is 2.30. The summed E-state index contributed by atoms with van der Waals surface area (Å²) in [5.74, 6) is -0.00524. The molecule has 1 amide bonds. The summed E-state index contributed by atoms with van der Waals surface area (Å²) in [5, 5.41) is 11.7. The van der Waals surface area contributed by atoms with Crippen LogP contribution in [-0.2, 0) is 0 Å². The zero-order valence-corrected chi connectivity index (χ0v) is 10.9. The van der Waals surface area contributed by atoms with Gasteiger partial charge >= 0.3 is 0 Å². The zero-order chi connectivity index (χ0) is 12.5. The van der Waals surface area contributed by atoms with E-state index in [4.69, 9.17) is 5.26 Å². The Morgan fingerprint density at radius 1 is 1.59 bits per heavy atom. The summed E-state index contributed by atoms with van der Waals surface area (Å²) in [5.41, 5.74) is 0.266. The van der Waals surface area contributed by atoms with Gasteiger partial charge in [-0.1, -0.05) is 0 Å². The van der Waals surface area contributed by atoms with Crippen molar-refractivity contribution >= 4 is 17.2 Å². The van der Waals surface area contributed by atoms with Crippen LogP contribution in [0.15, 0.2) is 5.38 Å². The first kappa shape index (κ1) is 12.1. The van der Waals surface area contributed by atoms with Crippen LogP contribution in [0.3, 0.4) is 0 Å². The number of amides is 1. The molecule has 1 aromatic rings. The lowest BCUT2D eigenvalue weighted by Crippen LogP contribution is -2.41. The van der Waals surface area contributed by atoms with E-state index < -0.39 is 0 Å². The minimum Gasteiger partial charge on any atom is -0.337 e. The Morgan fingerprint density at radius 2 is 2.24 bits per heavy atom. The first-order chi connectivity index (χ1) is 8.04. The van der Waals surface area contributed by atoms with Gasteiger partial charge in [0.2, 0.25) is 0 Å². The van der Waals surface area contributed by atoms with Crippen molar-refractivity contribution in [2.45, 2.75) is 26.7 Å². The molecule has 90 valence electrons. The third-order valence-electron chi connectivity index (χ3n) is 3.26. The van der Waals surface area contributed by atoms with Gasteiger partial charge in [-0.3, -0.25) is 4.79 Å². The molecule has 0 aliphatic carbocycles. The van der Waals surface area contributed by atoms with Crippen molar-refractivity contribution < 1.29 is 4.79 Å². The molecule has 17 heavy (non-hydrogen) atoms. The van der Waals surface area contributed by atoms with Crippen LogP contribution in [0, 0.1) is 23.7 Å². The molecule has 0 radical (unpaired) electrons. The number of piperidine rings is 1. The van der Waals surface area contributed by atoms with Gasteiger partial charge in [0, 0.05) is 18.5 Å². The van der Waals surface area contributed by atoms with Crippen LogP contribution >= 0.6 is 11.3 Å². The van der Waals surface area contributed by atoms with Gasteiger partial charge in [0.25, 0.3) is 5.91 Å². The molecule has 0 aromatic carbocycles. The third-order valence-corrected chi connectivity index (χ3v) is 4.04. The Hall–Kier alpha value is -1.41. The summed E-state index contributed by atoms with van der Waals surface area (Å²) in [7, 11) is 0. The van der Waals surface area contributed by atoms with Gasteiger partial charge in [0.05, 0.1) is 16.5 Å². The van der Waals surface area contributed by atoms with Crippen molar-refractivity contribution in [2.75, 3.05) is 13.1 Å². The monoisotopic (exact) mass is 249 g/mol. The minimum atomic E-state index is -0.269. The molecule has 0 bridgehead atoms. The number of aromatic nitrogens is 1. The minimum absolute atomic E-state index is 0.00524. The predicted molar refractivity (Wildman–Crippen MR) is 65.7 cm³/mol. The Labute approximate surface area is 105 Å². The maximum atomic E-state index is 12.1. The first-order valence-corrected chi connectivity index (χ1v) is 6.55. The molecule has 4 nitrogen and oxygen atoms in total. The summed E-state index contributed by atoms with van der Waals surface area (Å²) in [6, 6.07) is 2.33. The van der Waals surface area contributed by atoms with Crippen molar-refractivity contribution in [1.82, 2.24) is 9.88 Å². The normalized spacial score (nSPS) is 18.8. The summed E-state index contributed by atoms with van der Waals surface area (Å²) in [6.45, 7) is 5.16. The van der Waals surface area contributed by atoms with Crippen molar-refractivity contribution in [1.29, 1.82) is 5.26 Å². The quantitative estimate of drug-likeness (QED) is 0.766. The van der Waals surface area contributed by atoms with Gasteiger partial charge in [-0.15, -0.1) is 11.3 Å². The van der Waals surface area contributed by atoms with Crippen molar-refractivity contribution in [3.63, 3.8) is 0 Å². The highest BCUT2D eigenvalue weighted by molar-refractivity contribution is 7.09. The molecule has 1 aliphatic rings. The number of nitrogens with zero attached hydrogens (tertiary/aromatic N) is 3. The molecule has 1 aromatic heterocycles. The summed E-state index contributed by atoms with van der Waals surface area (Å²) in [4.78, 5) is 18.1. The number of likely N-dealkylation sites (tertiary alicyclic amines) is 1. The van der Waals surface area contributed by atoms with Crippen molar-refractivity contribution in [3.8, 4) is 6.07 Å². The van der Waals surface area contributed by atoms with Crippen molar-refractivity contribution in [3.05, 3.63) is 16.1 Å². The highest BCUT2D eigenvalue weighted by Gasteiger charge is 2.32. The molecule has 1 aliphatic heterocycles. The van der Waals surface area contributed by atoms with Gasteiger partial charge in [-0.2, -0.15) is 5.26 Å². The van der Waals surface area contributed by atoms with Crippen LogP contribution < -0.4 is 0 Å². The molecule has 0 saturated carbocycles. The molecule has 2 rings (SSSR count). The number of hydrogen-bond donors (Lipinski definition) is 0. The number of hydrogen-bond acceptors (Lipinski definition) is 4. The summed E-state index contributed by atoms with van der Waals surface area (Å²) in [6.07, 6.45) is 1.50. The molecular weight excluding hydrogens is 234 g/mol. The Bertz CT molecular complexity index is 466. The summed E-state index contributed by atoms with van der Waals surface area (Å²) < 4.78 is 0. The number of aryl methyl sites for hydroxylation is 1. The fourth-order valence-electron chi connectivity index (χ4n) is 1.94. The lowest BCUT2D eigenvalue weighted by atomic mass is 9.82. The predicted octanol–water partition coefficient (Wildman–Crippen LogP) is 2.22. The fraction of sp³-hybridized carbons (Fsp3) is 0.583. The van der Waals surface area contributed by atoms with Gasteiger partial charge in [-0.05, 0) is 26.7 Å². The Morgan fingerprint density at radius 3 is 2.71 bits per heavy atom. The second-order valence-corrected chi connectivity index (χ2v) is 5.78. The average molecular weight is 249 g/mol. The maximum Gasteiger partial charge on any atom is 0.273 e. The van der Waals surface area contributed by atoms with E-state index in [2.05, 4.69) is 11.1 Å². The highest BCUT2D eigenvalue weighted by atomic mass is 32.1. The van der Waals surface area contributed by atoms with E-state index in [0.29, 0.717) is 18.8 Å². The van der Waals surface area contributed by atoms with E-state index in [1.54, 1.807) is 10.3 Å². The molecular formula is C12H15N3OS. The lowest BCUT2D eigenvalue weighted by Gasteiger charge is -2.34. The van der Waals surface area contributed by atoms with Crippen LogP contribution in [-0.4, -0.2) is 28.9 Å². The maximum absolute atomic E-state index is 12.1. The van der Waals surface area contributed by atoms with Gasteiger partial charge in [-0.25, -0.2) is 4.98 Å². The lowest BCUT2D eigenvalue weighted by molar-refractivity contribution is 0.0656. The molecule has 0 unspecified atom stereocenters. The van der Waals surface area contributed by atoms with Crippen molar-refractivity contribution in [2.24, 2.45) is 5.41 Å². The van der Waals surface area contributed by atoms with Crippen LogP contribution in [0.1, 0.15) is 35.3 Å². The fourth-order valence-corrected chi connectivity index (χ4v) is 2.53. The average Bonchev–Trinajstić information content (AvgIpc) is 2.76. The van der Waals surface area contributed by atoms with Crippen LogP contribution in [0.2, 0.25) is 0 Å². The number of thiazole rings is 1. The first-order valence-electron chi connectivity index (χ1n) is 5.67. The largest absolute Gasteiger partial charge is 0.337 e. The van der Waals surface area contributed by atoms with E-state index in [1.165, 1.54) is 11.3 Å². The topological polar surface area (TPSA) is 57.0 Å². The number of carbonyl (C=O) groups excluding carboxylic acids is 1. The van der Waals surface area contributed by atoms with E-state index in [1.807, 2.05) is 13.8 Å². The van der Waals surface area contributed by atoms with Gasteiger partial charge < -0.3 is 4.90 Å². The molecule has 0 N–H and O–H groups in total. The molecule has 0 spiro atoms. The summed E-state index contributed by atoms with van der Waals surface area (Å²) >= 11 is 1.49. The Kier molecular flexibility index (Phi) is 3.16. The van der Waals surface area contributed by atoms with Crippen LogP contribution in [0.5, 0.6) is 0 Å². The van der Waals surface area contributed by atoms with Gasteiger partial charge in [0.15, 0.2) is 0 Å². The number of nitriles is 1. The molecule has 0 atom stereocenters. The number of rotatable bonds is 1. The second-order valence-electron chi connectivity index (χ2n) is 4.72. The smallest absolute Gasteiger partial charge is 0.273 e. The SMILES string of the molecule is Cc1nc(C(=O)N2CCC(C)(C#N)CC2)cs1. The van der Waals surface area contributed by atoms with E-state index >= 15 is 0 Å².